The van der Waals surface area contributed by atoms with Crippen molar-refractivity contribution in [3.63, 3.8) is 0 Å². The zero-order valence-corrected chi connectivity index (χ0v) is 6.44. The average molecular weight is 149 g/mol. The summed E-state index contributed by atoms with van der Waals surface area (Å²) in [6.07, 6.45) is 1.51. The van der Waals surface area contributed by atoms with Crippen molar-refractivity contribution in [1.82, 2.24) is 0 Å². The fraction of sp³-hybridized carbons (Fsp3) is 0.222. The Kier molecular flexibility index (Phi) is 2.66. The summed E-state index contributed by atoms with van der Waals surface area (Å²) >= 11 is 0. The minimum Gasteiger partial charge on any atom is -0.411 e. The van der Waals surface area contributed by atoms with Gasteiger partial charge in [-0.05, 0) is 5.56 Å². The minimum atomic E-state index is 0.182. The van der Waals surface area contributed by atoms with Gasteiger partial charge in [0.2, 0.25) is 0 Å². The van der Waals surface area contributed by atoms with E-state index in [1.165, 1.54) is 6.21 Å². The molecule has 0 aliphatic rings. The molecule has 0 aliphatic carbocycles. The molecule has 2 heteroatoms. The summed E-state index contributed by atoms with van der Waals surface area (Å²) < 4.78 is 0. The first kappa shape index (κ1) is 7.79. The summed E-state index contributed by atoms with van der Waals surface area (Å²) in [6.45, 7) is 1.98. The Morgan fingerprint density at radius 2 is 2.00 bits per heavy atom. The zero-order valence-electron chi connectivity index (χ0n) is 6.44. The monoisotopic (exact) mass is 149 g/mol. The van der Waals surface area contributed by atoms with Crippen LogP contribution in [0.15, 0.2) is 35.5 Å². The lowest BCUT2D eigenvalue weighted by Crippen LogP contribution is -1.93. The number of nitrogens with zero attached hydrogens (tertiary/aromatic N) is 1. The smallest absolute Gasteiger partial charge is 0.0507 e. The summed E-state index contributed by atoms with van der Waals surface area (Å²) in [7, 11) is 0. The molecule has 1 rings (SSSR count). The molecule has 0 aromatic heterocycles. The van der Waals surface area contributed by atoms with Gasteiger partial charge in [0.1, 0.15) is 0 Å². The van der Waals surface area contributed by atoms with Gasteiger partial charge in [-0.2, -0.15) is 0 Å². The normalized spacial score (nSPS) is 13.5. The molecule has 2 nitrogen and oxygen atoms in total. The van der Waals surface area contributed by atoms with E-state index in [0.717, 1.165) is 5.56 Å². The lowest BCUT2D eigenvalue weighted by atomic mass is 10.0. The molecule has 1 aromatic carbocycles. The van der Waals surface area contributed by atoms with E-state index < -0.39 is 0 Å². The van der Waals surface area contributed by atoms with Crippen molar-refractivity contribution in [2.75, 3.05) is 0 Å². The summed E-state index contributed by atoms with van der Waals surface area (Å²) in [5.41, 5.74) is 1.16. The van der Waals surface area contributed by atoms with Crippen LogP contribution in [0.1, 0.15) is 18.4 Å². The van der Waals surface area contributed by atoms with Crippen LogP contribution in [0.3, 0.4) is 0 Å². The maximum atomic E-state index is 8.27. The van der Waals surface area contributed by atoms with Crippen LogP contribution in [0, 0.1) is 0 Å². The maximum Gasteiger partial charge on any atom is 0.0507 e. The number of rotatable bonds is 2. The molecule has 0 fully saturated rings. The predicted octanol–water partition coefficient (Wildman–Crippen LogP) is 2.25. The largest absolute Gasteiger partial charge is 0.411 e. The quantitative estimate of drug-likeness (QED) is 0.390. The third kappa shape index (κ3) is 2.08. The van der Waals surface area contributed by atoms with Crippen molar-refractivity contribution in [2.24, 2.45) is 5.16 Å². The molecule has 0 saturated carbocycles. The fourth-order valence-electron chi connectivity index (χ4n) is 0.943. The van der Waals surface area contributed by atoms with E-state index in [1.54, 1.807) is 0 Å². The van der Waals surface area contributed by atoms with Gasteiger partial charge in [0.15, 0.2) is 0 Å². The van der Waals surface area contributed by atoms with Gasteiger partial charge in [0, 0.05) is 5.92 Å². The first-order valence-corrected chi connectivity index (χ1v) is 3.57. The van der Waals surface area contributed by atoms with Crippen LogP contribution in [0.2, 0.25) is 0 Å². The predicted molar refractivity (Wildman–Crippen MR) is 45.1 cm³/mol. The van der Waals surface area contributed by atoms with E-state index in [-0.39, 0.29) is 5.92 Å². The van der Waals surface area contributed by atoms with E-state index in [0.29, 0.717) is 0 Å². The second kappa shape index (κ2) is 3.76. The van der Waals surface area contributed by atoms with Gasteiger partial charge in [0.25, 0.3) is 0 Å². The van der Waals surface area contributed by atoms with Crippen LogP contribution >= 0.6 is 0 Å². The highest BCUT2D eigenvalue weighted by molar-refractivity contribution is 5.66. The van der Waals surface area contributed by atoms with Crippen LogP contribution in [-0.4, -0.2) is 11.4 Å². The standard InChI is InChI=1S/C9H11NO/c1-8(7-10-11)9-5-3-2-4-6-9/h2-8,11H,1H3/b10-7+/t8-/m1/s1. The minimum absolute atomic E-state index is 0.182. The fourth-order valence-corrected chi connectivity index (χ4v) is 0.943. The van der Waals surface area contributed by atoms with E-state index in [4.69, 9.17) is 5.21 Å². The molecule has 0 aliphatic heterocycles. The van der Waals surface area contributed by atoms with Crippen molar-refractivity contribution >= 4 is 6.21 Å². The van der Waals surface area contributed by atoms with Gasteiger partial charge in [-0.3, -0.25) is 0 Å². The topological polar surface area (TPSA) is 32.6 Å². The van der Waals surface area contributed by atoms with Crippen LogP contribution in [0.5, 0.6) is 0 Å². The molecule has 11 heavy (non-hydrogen) atoms. The third-order valence-electron chi connectivity index (χ3n) is 1.62. The number of hydrogen-bond donors (Lipinski definition) is 1. The van der Waals surface area contributed by atoms with Crippen LogP contribution in [-0.2, 0) is 0 Å². The Balaban J connectivity index is 2.76. The molecule has 0 saturated heterocycles. The Hall–Kier alpha value is -1.31. The van der Waals surface area contributed by atoms with Gasteiger partial charge in [-0.15, -0.1) is 5.16 Å². The van der Waals surface area contributed by atoms with E-state index >= 15 is 0 Å². The Labute approximate surface area is 66.2 Å². The highest BCUT2D eigenvalue weighted by Gasteiger charge is 1.99. The Morgan fingerprint density at radius 3 is 2.55 bits per heavy atom. The van der Waals surface area contributed by atoms with Crippen molar-refractivity contribution < 1.29 is 5.21 Å². The van der Waals surface area contributed by atoms with Crippen molar-refractivity contribution in [3.8, 4) is 0 Å². The maximum absolute atomic E-state index is 8.27. The van der Waals surface area contributed by atoms with Crippen LogP contribution in [0.25, 0.3) is 0 Å². The summed E-state index contributed by atoms with van der Waals surface area (Å²) in [6, 6.07) is 9.92. The van der Waals surface area contributed by atoms with Crippen LogP contribution in [0.4, 0.5) is 0 Å². The lowest BCUT2D eigenvalue weighted by Gasteiger charge is -2.02. The second-order valence-corrected chi connectivity index (χ2v) is 2.46. The molecule has 0 radical (unpaired) electrons. The first-order chi connectivity index (χ1) is 5.34. The SMILES string of the molecule is C[C@H](/C=N/O)c1ccccc1. The average Bonchev–Trinajstić information content (AvgIpc) is 2.07. The van der Waals surface area contributed by atoms with Crippen molar-refractivity contribution in [3.05, 3.63) is 35.9 Å². The Morgan fingerprint density at radius 1 is 1.36 bits per heavy atom. The van der Waals surface area contributed by atoms with E-state index in [1.807, 2.05) is 37.3 Å². The molecule has 0 unspecified atom stereocenters. The third-order valence-corrected chi connectivity index (χ3v) is 1.62. The highest BCUT2D eigenvalue weighted by atomic mass is 16.4. The molecular formula is C9H11NO. The molecule has 1 N–H and O–H groups in total. The van der Waals surface area contributed by atoms with Gasteiger partial charge < -0.3 is 5.21 Å². The number of hydrogen-bond acceptors (Lipinski definition) is 2. The van der Waals surface area contributed by atoms with Gasteiger partial charge in [0.05, 0.1) is 6.21 Å². The number of oxime groups is 1. The molecule has 0 amide bonds. The van der Waals surface area contributed by atoms with E-state index in [9.17, 15) is 0 Å². The van der Waals surface area contributed by atoms with Crippen molar-refractivity contribution in [1.29, 1.82) is 0 Å². The van der Waals surface area contributed by atoms with E-state index in [2.05, 4.69) is 5.16 Å². The molecular weight excluding hydrogens is 138 g/mol. The molecule has 0 heterocycles. The highest BCUT2D eigenvalue weighted by Crippen LogP contribution is 2.11. The summed E-state index contributed by atoms with van der Waals surface area (Å²) in [5, 5.41) is 11.3. The molecule has 58 valence electrons. The molecule has 0 spiro atoms. The van der Waals surface area contributed by atoms with Crippen molar-refractivity contribution in [2.45, 2.75) is 12.8 Å². The molecule has 1 aromatic rings. The van der Waals surface area contributed by atoms with Crippen LogP contribution < -0.4 is 0 Å². The molecule has 1 atom stereocenters. The first-order valence-electron chi connectivity index (χ1n) is 3.57. The zero-order chi connectivity index (χ0) is 8.10. The van der Waals surface area contributed by atoms with Gasteiger partial charge in [-0.25, -0.2) is 0 Å². The summed E-state index contributed by atoms with van der Waals surface area (Å²) in [4.78, 5) is 0. The Bertz CT molecular complexity index is 231. The lowest BCUT2D eigenvalue weighted by molar-refractivity contribution is 0.320. The number of benzene rings is 1. The van der Waals surface area contributed by atoms with Gasteiger partial charge >= 0.3 is 0 Å². The molecule has 0 bridgehead atoms. The second-order valence-electron chi connectivity index (χ2n) is 2.46. The van der Waals surface area contributed by atoms with Gasteiger partial charge in [-0.1, -0.05) is 37.3 Å². The summed E-state index contributed by atoms with van der Waals surface area (Å²) in [5.74, 6) is 0.182.